The lowest BCUT2D eigenvalue weighted by atomic mass is 10.1. The van der Waals surface area contributed by atoms with Crippen molar-refractivity contribution < 1.29 is 9.13 Å². The zero-order chi connectivity index (χ0) is 13.5. The van der Waals surface area contributed by atoms with Gasteiger partial charge in [0.1, 0.15) is 18.2 Å². The first kappa shape index (κ1) is 14.9. The van der Waals surface area contributed by atoms with E-state index < -0.39 is 0 Å². The average molecular weight is 254 g/mol. The van der Waals surface area contributed by atoms with Crippen LogP contribution in [0.2, 0.25) is 0 Å². The van der Waals surface area contributed by atoms with Gasteiger partial charge in [-0.3, -0.25) is 0 Å². The highest BCUT2D eigenvalue weighted by Gasteiger charge is 2.10. The number of nitrogens with two attached hydrogens (primary N) is 1. The SMILES string of the molecule is CCN(CC)CCOc1ccc(F)cc1[C@@H](C)N. The molecule has 18 heavy (non-hydrogen) atoms. The molecule has 1 aromatic rings. The zero-order valence-corrected chi connectivity index (χ0v) is 11.4. The van der Waals surface area contributed by atoms with Crippen molar-refractivity contribution in [2.45, 2.75) is 26.8 Å². The first-order chi connectivity index (χ1) is 8.58. The lowest BCUT2D eigenvalue weighted by Crippen LogP contribution is -2.28. The van der Waals surface area contributed by atoms with Gasteiger partial charge in [0.2, 0.25) is 0 Å². The Labute approximate surface area is 109 Å². The molecule has 0 saturated heterocycles. The van der Waals surface area contributed by atoms with E-state index in [0.29, 0.717) is 12.4 Å². The van der Waals surface area contributed by atoms with Crippen LogP contribution in [0.1, 0.15) is 32.4 Å². The Hall–Kier alpha value is -1.13. The zero-order valence-electron chi connectivity index (χ0n) is 11.4. The summed E-state index contributed by atoms with van der Waals surface area (Å²) in [6.45, 7) is 9.53. The lowest BCUT2D eigenvalue weighted by Gasteiger charge is -2.19. The van der Waals surface area contributed by atoms with Crippen molar-refractivity contribution in [1.29, 1.82) is 0 Å². The number of rotatable bonds is 7. The molecule has 2 N–H and O–H groups in total. The standard InChI is InChI=1S/C14H23FN2O/c1-4-17(5-2)8-9-18-14-7-6-12(15)10-13(14)11(3)16/h6-7,10-11H,4-5,8-9,16H2,1-3H3/t11-/m1/s1. The Bertz CT molecular complexity index is 365. The van der Waals surface area contributed by atoms with E-state index in [-0.39, 0.29) is 11.9 Å². The molecule has 0 saturated carbocycles. The van der Waals surface area contributed by atoms with Crippen molar-refractivity contribution in [3.05, 3.63) is 29.6 Å². The fraction of sp³-hybridized carbons (Fsp3) is 0.571. The molecule has 102 valence electrons. The van der Waals surface area contributed by atoms with Crippen molar-refractivity contribution in [3.63, 3.8) is 0 Å². The van der Waals surface area contributed by atoms with Crippen LogP contribution in [-0.2, 0) is 0 Å². The van der Waals surface area contributed by atoms with E-state index in [0.717, 1.165) is 25.2 Å². The number of hydrogen-bond acceptors (Lipinski definition) is 3. The summed E-state index contributed by atoms with van der Waals surface area (Å²) in [5.74, 6) is 0.400. The summed E-state index contributed by atoms with van der Waals surface area (Å²) in [5.41, 5.74) is 6.53. The second-order valence-electron chi connectivity index (χ2n) is 4.35. The molecule has 3 nitrogen and oxygen atoms in total. The minimum atomic E-state index is -0.279. The fourth-order valence-electron chi connectivity index (χ4n) is 1.83. The number of ether oxygens (including phenoxy) is 1. The van der Waals surface area contributed by atoms with E-state index in [4.69, 9.17) is 10.5 Å². The van der Waals surface area contributed by atoms with Crippen molar-refractivity contribution in [3.8, 4) is 5.75 Å². The summed E-state index contributed by atoms with van der Waals surface area (Å²) in [4.78, 5) is 2.27. The third kappa shape index (κ3) is 4.27. The van der Waals surface area contributed by atoms with Crippen LogP contribution in [0.4, 0.5) is 4.39 Å². The Morgan fingerprint density at radius 3 is 2.56 bits per heavy atom. The van der Waals surface area contributed by atoms with Crippen molar-refractivity contribution in [1.82, 2.24) is 4.90 Å². The predicted octanol–water partition coefficient (Wildman–Crippen LogP) is 2.57. The van der Waals surface area contributed by atoms with Gasteiger partial charge in [0, 0.05) is 18.2 Å². The van der Waals surface area contributed by atoms with Crippen LogP contribution < -0.4 is 10.5 Å². The summed E-state index contributed by atoms with van der Waals surface area (Å²) in [7, 11) is 0. The van der Waals surface area contributed by atoms with Gasteiger partial charge in [-0.25, -0.2) is 4.39 Å². The Balaban J connectivity index is 2.61. The highest BCUT2D eigenvalue weighted by Crippen LogP contribution is 2.24. The third-order valence-corrected chi connectivity index (χ3v) is 3.02. The molecule has 0 amide bonds. The molecular formula is C14H23FN2O. The summed E-state index contributed by atoms with van der Waals surface area (Å²) in [6, 6.07) is 4.26. The van der Waals surface area contributed by atoms with E-state index in [9.17, 15) is 4.39 Å². The maximum absolute atomic E-state index is 13.1. The maximum atomic E-state index is 13.1. The smallest absolute Gasteiger partial charge is 0.124 e. The quantitative estimate of drug-likeness (QED) is 0.812. The van der Waals surface area contributed by atoms with Gasteiger partial charge in [-0.05, 0) is 38.2 Å². The number of likely N-dealkylation sites (N-methyl/N-ethyl adjacent to an activating group) is 1. The molecule has 0 radical (unpaired) electrons. The van der Waals surface area contributed by atoms with Gasteiger partial charge in [-0.1, -0.05) is 13.8 Å². The van der Waals surface area contributed by atoms with Crippen LogP contribution in [0.15, 0.2) is 18.2 Å². The predicted molar refractivity (Wildman–Crippen MR) is 72.3 cm³/mol. The molecular weight excluding hydrogens is 231 g/mol. The highest BCUT2D eigenvalue weighted by atomic mass is 19.1. The van der Waals surface area contributed by atoms with Gasteiger partial charge in [-0.15, -0.1) is 0 Å². The van der Waals surface area contributed by atoms with E-state index in [1.807, 2.05) is 6.92 Å². The summed E-state index contributed by atoms with van der Waals surface area (Å²) < 4.78 is 18.8. The molecule has 0 heterocycles. The normalized spacial score (nSPS) is 12.8. The molecule has 0 aliphatic carbocycles. The van der Waals surface area contributed by atoms with Gasteiger partial charge in [0.15, 0.2) is 0 Å². The van der Waals surface area contributed by atoms with Gasteiger partial charge in [0.25, 0.3) is 0 Å². The number of benzene rings is 1. The van der Waals surface area contributed by atoms with Gasteiger partial charge < -0.3 is 15.4 Å². The van der Waals surface area contributed by atoms with Gasteiger partial charge in [0.05, 0.1) is 0 Å². The first-order valence-corrected chi connectivity index (χ1v) is 6.48. The van der Waals surface area contributed by atoms with Gasteiger partial charge >= 0.3 is 0 Å². The second kappa shape index (κ2) is 7.34. The van der Waals surface area contributed by atoms with E-state index in [1.54, 1.807) is 6.07 Å². The van der Waals surface area contributed by atoms with Crippen LogP contribution in [0.3, 0.4) is 0 Å². The molecule has 1 aromatic carbocycles. The van der Waals surface area contributed by atoms with Crippen LogP contribution >= 0.6 is 0 Å². The third-order valence-electron chi connectivity index (χ3n) is 3.02. The maximum Gasteiger partial charge on any atom is 0.124 e. The first-order valence-electron chi connectivity index (χ1n) is 6.48. The Morgan fingerprint density at radius 2 is 2.00 bits per heavy atom. The van der Waals surface area contributed by atoms with E-state index in [1.165, 1.54) is 12.1 Å². The molecule has 0 spiro atoms. The van der Waals surface area contributed by atoms with Crippen LogP contribution in [0, 0.1) is 5.82 Å². The fourth-order valence-corrected chi connectivity index (χ4v) is 1.83. The molecule has 0 aromatic heterocycles. The molecule has 0 aliphatic heterocycles. The summed E-state index contributed by atoms with van der Waals surface area (Å²) >= 11 is 0. The number of nitrogens with zero attached hydrogens (tertiary/aromatic N) is 1. The topological polar surface area (TPSA) is 38.5 Å². The monoisotopic (exact) mass is 254 g/mol. The minimum Gasteiger partial charge on any atom is -0.492 e. The second-order valence-corrected chi connectivity index (χ2v) is 4.35. The molecule has 1 atom stereocenters. The number of hydrogen-bond donors (Lipinski definition) is 1. The largest absolute Gasteiger partial charge is 0.492 e. The molecule has 1 rings (SSSR count). The molecule has 0 bridgehead atoms. The van der Waals surface area contributed by atoms with Crippen LogP contribution in [-0.4, -0.2) is 31.1 Å². The van der Waals surface area contributed by atoms with Crippen molar-refractivity contribution in [2.24, 2.45) is 5.73 Å². The van der Waals surface area contributed by atoms with E-state index in [2.05, 4.69) is 18.7 Å². The van der Waals surface area contributed by atoms with Crippen LogP contribution in [0.25, 0.3) is 0 Å². The van der Waals surface area contributed by atoms with Crippen LogP contribution in [0.5, 0.6) is 5.75 Å². The summed E-state index contributed by atoms with van der Waals surface area (Å²) in [6.07, 6.45) is 0. The van der Waals surface area contributed by atoms with Crippen molar-refractivity contribution >= 4 is 0 Å². The van der Waals surface area contributed by atoms with E-state index >= 15 is 0 Å². The molecule has 0 aliphatic rings. The Morgan fingerprint density at radius 1 is 1.33 bits per heavy atom. The lowest BCUT2D eigenvalue weighted by molar-refractivity contribution is 0.221. The highest BCUT2D eigenvalue weighted by molar-refractivity contribution is 5.36. The Kier molecular flexibility index (Phi) is 6.09. The average Bonchev–Trinajstić information content (AvgIpc) is 2.36. The molecule has 0 unspecified atom stereocenters. The van der Waals surface area contributed by atoms with Gasteiger partial charge in [-0.2, -0.15) is 0 Å². The summed E-state index contributed by atoms with van der Waals surface area (Å²) in [5, 5.41) is 0. The molecule has 0 fully saturated rings. The van der Waals surface area contributed by atoms with Crippen molar-refractivity contribution in [2.75, 3.05) is 26.2 Å². The number of halogens is 1. The molecule has 4 heteroatoms. The minimum absolute atomic E-state index is 0.232.